The lowest BCUT2D eigenvalue weighted by Crippen LogP contribution is -2.36. The SMILES string of the molecule is CCCCCC/C=C\CCCCCCCCCC(=O)O[C@H](COC(=O)CCCC(O)/C=C/C=C/C/C=C/CCCCCCCC)COP(=O)(O)OP(=O)(O)OC[C@H]1O[C@@H](n2ccc(N)nc2=O)[C@H](O)[C@@H]1O. The summed E-state index contributed by atoms with van der Waals surface area (Å²) < 4.78 is 56.6. The third-order valence-corrected chi connectivity index (χ3v) is 14.1. The smallest absolute Gasteiger partial charge is 0.462 e. The van der Waals surface area contributed by atoms with Gasteiger partial charge in [-0.2, -0.15) is 9.29 Å². The van der Waals surface area contributed by atoms with Gasteiger partial charge in [-0.1, -0.05) is 146 Å². The molecular weight excluding hydrogens is 961 g/mol. The Labute approximate surface area is 421 Å². The van der Waals surface area contributed by atoms with Gasteiger partial charge in [0.05, 0.1) is 19.3 Å². The molecule has 19 nitrogen and oxygen atoms in total. The van der Waals surface area contributed by atoms with Crippen molar-refractivity contribution in [2.75, 3.05) is 25.6 Å². The summed E-state index contributed by atoms with van der Waals surface area (Å²) in [6.07, 6.45) is 32.1. The van der Waals surface area contributed by atoms with E-state index in [-0.39, 0.29) is 31.5 Å². The summed E-state index contributed by atoms with van der Waals surface area (Å²) in [6.45, 7) is 1.95. The van der Waals surface area contributed by atoms with E-state index in [2.05, 4.69) is 47.4 Å². The van der Waals surface area contributed by atoms with Crippen LogP contribution in [0.15, 0.2) is 65.7 Å². The predicted octanol–water partition coefficient (Wildman–Crippen LogP) is 9.53. The second-order valence-corrected chi connectivity index (χ2v) is 20.9. The van der Waals surface area contributed by atoms with Gasteiger partial charge in [-0.3, -0.25) is 23.2 Å². The minimum Gasteiger partial charge on any atom is -0.462 e. The highest BCUT2D eigenvalue weighted by Crippen LogP contribution is 2.60. The molecule has 0 saturated carbocycles. The van der Waals surface area contributed by atoms with Crippen LogP contribution in [0.5, 0.6) is 0 Å². The summed E-state index contributed by atoms with van der Waals surface area (Å²) in [5.41, 5.74) is 4.57. The second kappa shape index (κ2) is 38.3. The summed E-state index contributed by atoms with van der Waals surface area (Å²) >= 11 is 0. The molecule has 1 aromatic rings. The molecule has 0 spiro atoms. The number of nitrogens with zero attached hydrogens (tertiary/aromatic N) is 2. The maximum absolute atomic E-state index is 12.9. The fourth-order valence-electron chi connectivity index (χ4n) is 7.43. The van der Waals surface area contributed by atoms with Crippen LogP contribution in [0.25, 0.3) is 0 Å². The maximum Gasteiger partial charge on any atom is 0.481 e. The second-order valence-electron chi connectivity index (χ2n) is 17.9. The topological polar surface area (TPSA) is 286 Å². The quantitative estimate of drug-likeness (QED) is 0.0117. The maximum atomic E-state index is 12.9. The van der Waals surface area contributed by atoms with Gasteiger partial charge in [0.2, 0.25) is 0 Å². The lowest BCUT2D eigenvalue weighted by Gasteiger charge is -2.21. The fourth-order valence-corrected chi connectivity index (χ4v) is 9.54. The molecule has 1 fully saturated rings. The number of anilines is 1. The summed E-state index contributed by atoms with van der Waals surface area (Å²) in [5.74, 6) is -1.51. The number of allylic oxidation sites excluding steroid dienone is 7. The zero-order valence-corrected chi connectivity index (χ0v) is 43.9. The van der Waals surface area contributed by atoms with Gasteiger partial charge in [0.25, 0.3) is 0 Å². The van der Waals surface area contributed by atoms with Crippen molar-refractivity contribution in [2.45, 2.75) is 211 Å². The van der Waals surface area contributed by atoms with Crippen molar-refractivity contribution in [2.24, 2.45) is 0 Å². The summed E-state index contributed by atoms with van der Waals surface area (Å²) in [5, 5.41) is 31.3. The first-order valence-corrected chi connectivity index (χ1v) is 28.7. The number of unbranched alkanes of at least 4 members (excludes halogenated alkanes) is 17. The van der Waals surface area contributed by atoms with Gasteiger partial charge in [0.15, 0.2) is 12.3 Å². The molecule has 3 unspecified atom stereocenters. The van der Waals surface area contributed by atoms with E-state index < -0.39 is 89.8 Å². The van der Waals surface area contributed by atoms with Crippen molar-refractivity contribution in [3.05, 3.63) is 71.4 Å². The number of esters is 2. The van der Waals surface area contributed by atoms with Crippen LogP contribution in [0.3, 0.4) is 0 Å². The van der Waals surface area contributed by atoms with Crippen molar-refractivity contribution < 1.29 is 71.4 Å². The van der Waals surface area contributed by atoms with E-state index in [0.29, 0.717) is 6.42 Å². The van der Waals surface area contributed by atoms with Crippen molar-refractivity contribution in [1.29, 1.82) is 0 Å². The van der Waals surface area contributed by atoms with E-state index in [1.165, 1.54) is 70.3 Å². The number of ether oxygens (including phenoxy) is 3. The average molecular weight is 1050 g/mol. The van der Waals surface area contributed by atoms with E-state index in [9.17, 15) is 48.6 Å². The Morgan fingerprint density at radius 3 is 1.94 bits per heavy atom. The van der Waals surface area contributed by atoms with E-state index in [0.717, 1.165) is 75.0 Å². The van der Waals surface area contributed by atoms with Gasteiger partial charge >= 0.3 is 33.3 Å². The van der Waals surface area contributed by atoms with Gasteiger partial charge in [0, 0.05) is 19.0 Å². The number of rotatable bonds is 42. The monoisotopic (exact) mass is 1050 g/mol. The Morgan fingerprint density at radius 2 is 1.31 bits per heavy atom. The van der Waals surface area contributed by atoms with Gasteiger partial charge in [-0.15, -0.1) is 0 Å². The number of carbonyl (C=O) groups is 2. The highest BCUT2D eigenvalue weighted by atomic mass is 31.3. The molecule has 0 aliphatic carbocycles. The molecule has 0 amide bonds. The molecule has 0 aromatic carbocycles. The minimum absolute atomic E-state index is 0.00509. The summed E-state index contributed by atoms with van der Waals surface area (Å²) in [7, 11) is -10.9. The Hall–Kier alpha value is -3.32. The standard InChI is InChI=1S/C50H85N3O16P2/c1-3-5-7-9-11-13-15-17-18-20-22-24-26-28-30-34-46(56)67-42(38-64-45(55)35-31-33-41(54)32-29-27-25-23-21-19-16-14-12-10-8-6-4-2)39-65-70(60,61)69-71(62,63)66-40-43-47(57)48(58)49(68-43)53-37-36-44(51)52-50(53)59/h13,15,19,21,25,27,29,32,36-37,41-43,47-49,54,57-58H,3-12,14,16-18,20,22-24,26,28,30-31,33-35,38-40H2,1-2H3,(H,60,61)(H,62,63)(H2,51,52,59)/b15-13-,21-19+,27-25+,32-29+/t41?,42-,43-,47-,48-,49-/m1/s1. The number of aromatic nitrogens is 2. The first-order chi connectivity index (χ1) is 34.1. The van der Waals surface area contributed by atoms with Crippen molar-refractivity contribution in [1.82, 2.24) is 9.55 Å². The Bertz CT molecular complexity index is 1890. The number of hydrogen-bond acceptors (Lipinski definition) is 16. The molecule has 0 bridgehead atoms. The largest absolute Gasteiger partial charge is 0.481 e. The molecule has 0 radical (unpaired) electrons. The van der Waals surface area contributed by atoms with E-state index in [1.54, 1.807) is 12.2 Å². The molecule has 1 aliphatic heterocycles. The third-order valence-electron chi connectivity index (χ3n) is 11.5. The zero-order chi connectivity index (χ0) is 52.2. The molecule has 1 aliphatic rings. The van der Waals surface area contributed by atoms with Crippen molar-refractivity contribution in [3.63, 3.8) is 0 Å². The molecular formula is C50H85N3O16P2. The number of phosphoric acid groups is 2. The van der Waals surface area contributed by atoms with Crippen LogP contribution in [0.4, 0.5) is 5.82 Å². The normalized spacial score (nSPS) is 20.0. The van der Waals surface area contributed by atoms with Crippen LogP contribution >= 0.6 is 15.6 Å². The molecule has 2 rings (SSSR count). The van der Waals surface area contributed by atoms with E-state index in [4.69, 9.17) is 29.0 Å². The molecule has 406 valence electrons. The minimum atomic E-state index is -5.46. The van der Waals surface area contributed by atoms with E-state index in [1.807, 2.05) is 12.2 Å². The first-order valence-electron chi connectivity index (χ1n) is 25.8. The van der Waals surface area contributed by atoms with Gasteiger partial charge in [0.1, 0.15) is 30.7 Å². The highest BCUT2D eigenvalue weighted by molar-refractivity contribution is 7.61. The number of phosphoric ester groups is 2. The lowest BCUT2D eigenvalue weighted by molar-refractivity contribution is -0.161. The summed E-state index contributed by atoms with van der Waals surface area (Å²) in [4.78, 5) is 61.9. The average Bonchev–Trinajstić information content (AvgIpc) is 3.60. The van der Waals surface area contributed by atoms with Crippen LogP contribution in [-0.4, -0.2) is 96.9 Å². The molecule has 71 heavy (non-hydrogen) atoms. The number of nitrogen functional groups attached to an aromatic ring is 1. The highest BCUT2D eigenvalue weighted by Gasteiger charge is 2.46. The van der Waals surface area contributed by atoms with Crippen LogP contribution in [0.2, 0.25) is 0 Å². The molecule has 1 aromatic heterocycles. The van der Waals surface area contributed by atoms with Crippen molar-refractivity contribution >= 4 is 33.4 Å². The number of nitrogens with two attached hydrogens (primary N) is 1. The van der Waals surface area contributed by atoms with E-state index >= 15 is 0 Å². The van der Waals surface area contributed by atoms with Gasteiger partial charge in [-0.05, 0) is 70.3 Å². The van der Waals surface area contributed by atoms with Gasteiger partial charge < -0.3 is 45.1 Å². The number of aliphatic hydroxyl groups is 3. The van der Waals surface area contributed by atoms with Crippen molar-refractivity contribution in [3.8, 4) is 0 Å². The number of carbonyl (C=O) groups excluding carboxylic acids is 2. The first kappa shape index (κ1) is 63.8. The van der Waals surface area contributed by atoms with Crippen LogP contribution < -0.4 is 11.4 Å². The molecule has 2 heterocycles. The zero-order valence-electron chi connectivity index (χ0n) is 42.1. The van der Waals surface area contributed by atoms with Crippen LogP contribution in [0, 0.1) is 0 Å². The molecule has 8 atom stereocenters. The Kier molecular flexibility index (Phi) is 34.4. The van der Waals surface area contributed by atoms with Crippen LogP contribution in [0.1, 0.15) is 181 Å². The lowest BCUT2D eigenvalue weighted by atomic mass is 10.1. The number of hydrogen-bond donors (Lipinski definition) is 6. The summed E-state index contributed by atoms with van der Waals surface area (Å²) in [6, 6.07) is 1.24. The predicted molar refractivity (Wildman–Crippen MR) is 272 cm³/mol. The molecule has 1 saturated heterocycles. The Balaban J connectivity index is 1.85. The fraction of sp³-hybridized carbons (Fsp3) is 0.720. The van der Waals surface area contributed by atoms with Crippen LogP contribution in [-0.2, 0) is 46.3 Å². The van der Waals surface area contributed by atoms with Gasteiger partial charge in [-0.25, -0.2) is 13.9 Å². The Morgan fingerprint density at radius 1 is 0.746 bits per heavy atom. The molecule has 21 heteroatoms. The molecule has 7 N–H and O–H groups in total. The number of aliphatic hydroxyl groups excluding tert-OH is 3. The third kappa shape index (κ3) is 31.1.